The third-order valence-electron chi connectivity index (χ3n) is 5.26. The maximum Gasteiger partial charge on any atom is 0.316 e. The van der Waals surface area contributed by atoms with Crippen molar-refractivity contribution < 1.29 is 9.53 Å². The van der Waals surface area contributed by atoms with Gasteiger partial charge in [-0.3, -0.25) is 4.79 Å². The summed E-state index contributed by atoms with van der Waals surface area (Å²) in [5.41, 5.74) is 1.98. The average molecular weight is 374 g/mol. The van der Waals surface area contributed by atoms with Gasteiger partial charge in [-0.15, -0.1) is 12.4 Å². The molecule has 0 bridgehead atoms. The number of esters is 1. The van der Waals surface area contributed by atoms with E-state index >= 15 is 0 Å². The van der Waals surface area contributed by atoms with Crippen LogP contribution in [0.15, 0.2) is 60.7 Å². The van der Waals surface area contributed by atoms with Crippen molar-refractivity contribution in [2.45, 2.75) is 31.6 Å². The van der Waals surface area contributed by atoms with Gasteiger partial charge >= 0.3 is 5.97 Å². The van der Waals surface area contributed by atoms with Crippen LogP contribution >= 0.6 is 12.4 Å². The Bertz CT molecular complexity index is 667. The Morgan fingerprint density at radius 1 is 1.00 bits per heavy atom. The van der Waals surface area contributed by atoms with Gasteiger partial charge in [-0.25, -0.2) is 0 Å². The van der Waals surface area contributed by atoms with E-state index in [4.69, 9.17) is 4.74 Å². The minimum Gasteiger partial charge on any atom is -0.465 e. The molecule has 1 fully saturated rings. The Labute approximate surface area is 162 Å². The zero-order valence-electron chi connectivity index (χ0n) is 15.4. The van der Waals surface area contributed by atoms with Gasteiger partial charge in [0.15, 0.2) is 0 Å². The summed E-state index contributed by atoms with van der Waals surface area (Å²) in [5.74, 6) is -0.0658. The number of benzene rings is 2. The minimum atomic E-state index is -0.486. The lowest BCUT2D eigenvalue weighted by atomic mass is 9.72. The van der Waals surface area contributed by atoms with E-state index < -0.39 is 5.41 Å². The Balaban J connectivity index is 0.00000243. The van der Waals surface area contributed by atoms with Gasteiger partial charge in [-0.2, -0.15) is 0 Å². The molecule has 0 saturated carbocycles. The fourth-order valence-corrected chi connectivity index (χ4v) is 3.73. The standard InChI is InChI=1S/C22H27NO2.ClH/c1-2-25-21(24)22(20-11-7-4-8-12-20)14-17-23(18-15-22)16-13-19-9-5-3-6-10-19;/h3-12H,2,13-18H2,1H3;1H. The molecule has 1 saturated heterocycles. The topological polar surface area (TPSA) is 29.5 Å². The van der Waals surface area contributed by atoms with Crippen molar-refractivity contribution in [1.29, 1.82) is 0 Å². The van der Waals surface area contributed by atoms with Crippen LogP contribution < -0.4 is 0 Å². The minimum absolute atomic E-state index is 0. The predicted molar refractivity (Wildman–Crippen MR) is 108 cm³/mol. The van der Waals surface area contributed by atoms with Gasteiger partial charge in [0.1, 0.15) is 0 Å². The fourth-order valence-electron chi connectivity index (χ4n) is 3.73. The molecule has 0 N–H and O–H groups in total. The summed E-state index contributed by atoms with van der Waals surface area (Å²) < 4.78 is 5.45. The van der Waals surface area contributed by atoms with E-state index in [0.29, 0.717) is 6.61 Å². The molecule has 0 unspecified atom stereocenters. The number of halogens is 1. The summed E-state index contributed by atoms with van der Waals surface area (Å²) >= 11 is 0. The van der Waals surface area contributed by atoms with E-state index in [1.54, 1.807) is 0 Å². The summed E-state index contributed by atoms with van der Waals surface area (Å²) in [6.07, 6.45) is 2.70. The Morgan fingerprint density at radius 3 is 2.15 bits per heavy atom. The molecule has 140 valence electrons. The molecule has 0 spiro atoms. The van der Waals surface area contributed by atoms with Crippen molar-refractivity contribution in [2.24, 2.45) is 0 Å². The van der Waals surface area contributed by atoms with E-state index in [9.17, 15) is 4.79 Å². The Morgan fingerprint density at radius 2 is 1.58 bits per heavy atom. The van der Waals surface area contributed by atoms with Gasteiger partial charge in [0.05, 0.1) is 12.0 Å². The summed E-state index contributed by atoms with van der Waals surface area (Å²) in [6, 6.07) is 20.7. The van der Waals surface area contributed by atoms with Gasteiger partial charge < -0.3 is 9.64 Å². The highest BCUT2D eigenvalue weighted by Crippen LogP contribution is 2.37. The molecule has 1 aliphatic rings. The second-order valence-electron chi connectivity index (χ2n) is 6.75. The monoisotopic (exact) mass is 373 g/mol. The first-order valence-corrected chi connectivity index (χ1v) is 9.23. The van der Waals surface area contributed by atoms with E-state index in [-0.39, 0.29) is 18.4 Å². The van der Waals surface area contributed by atoms with Crippen LogP contribution in [0.4, 0.5) is 0 Å². The number of likely N-dealkylation sites (tertiary alicyclic amines) is 1. The lowest BCUT2D eigenvalue weighted by Crippen LogP contribution is -2.48. The molecule has 26 heavy (non-hydrogen) atoms. The average Bonchev–Trinajstić information content (AvgIpc) is 2.68. The van der Waals surface area contributed by atoms with Crippen LogP contribution in [0.1, 0.15) is 30.9 Å². The zero-order valence-corrected chi connectivity index (χ0v) is 16.2. The van der Waals surface area contributed by atoms with Gasteiger partial charge in [-0.1, -0.05) is 60.7 Å². The predicted octanol–water partition coefficient (Wildman–Crippen LogP) is 4.25. The number of hydrogen-bond acceptors (Lipinski definition) is 3. The van der Waals surface area contributed by atoms with Crippen molar-refractivity contribution in [3.8, 4) is 0 Å². The summed E-state index contributed by atoms with van der Waals surface area (Å²) in [4.78, 5) is 15.2. The molecule has 3 nitrogen and oxygen atoms in total. The molecular weight excluding hydrogens is 346 g/mol. The number of rotatable bonds is 6. The molecule has 2 aromatic rings. The third-order valence-corrected chi connectivity index (χ3v) is 5.26. The number of hydrogen-bond donors (Lipinski definition) is 0. The van der Waals surface area contributed by atoms with Gasteiger partial charge in [0, 0.05) is 6.54 Å². The molecule has 1 heterocycles. The summed E-state index contributed by atoms with van der Waals surface area (Å²) in [6.45, 7) is 5.22. The van der Waals surface area contributed by atoms with Gasteiger partial charge in [-0.05, 0) is 50.4 Å². The van der Waals surface area contributed by atoms with Crippen LogP contribution in [0.5, 0.6) is 0 Å². The Hall–Kier alpha value is -1.84. The van der Waals surface area contributed by atoms with Crippen molar-refractivity contribution >= 4 is 18.4 Å². The van der Waals surface area contributed by atoms with Gasteiger partial charge in [0.2, 0.25) is 0 Å². The quantitative estimate of drug-likeness (QED) is 0.709. The molecule has 3 rings (SSSR count). The molecular formula is C22H28ClNO2. The van der Waals surface area contributed by atoms with E-state index in [0.717, 1.165) is 44.5 Å². The first-order valence-electron chi connectivity index (χ1n) is 9.23. The molecule has 0 atom stereocenters. The normalized spacial score (nSPS) is 16.5. The molecule has 2 aromatic carbocycles. The van der Waals surface area contributed by atoms with E-state index in [1.807, 2.05) is 25.1 Å². The molecule has 1 aliphatic heterocycles. The Kier molecular flexibility index (Phi) is 7.67. The second-order valence-corrected chi connectivity index (χ2v) is 6.75. The second kappa shape index (κ2) is 9.75. The van der Waals surface area contributed by atoms with Crippen molar-refractivity contribution in [1.82, 2.24) is 4.90 Å². The van der Waals surface area contributed by atoms with Crippen LogP contribution in [0.3, 0.4) is 0 Å². The zero-order chi connectivity index (χ0) is 17.5. The van der Waals surface area contributed by atoms with Crippen LogP contribution in [-0.4, -0.2) is 37.1 Å². The maximum absolute atomic E-state index is 12.8. The first kappa shape index (κ1) is 20.5. The number of carbonyl (C=O) groups is 1. The molecule has 4 heteroatoms. The summed E-state index contributed by atoms with van der Waals surface area (Å²) in [7, 11) is 0. The highest BCUT2D eigenvalue weighted by Gasteiger charge is 2.43. The van der Waals surface area contributed by atoms with Gasteiger partial charge in [0.25, 0.3) is 0 Å². The molecule has 0 amide bonds. The lowest BCUT2D eigenvalue weighted by Gasteiger charge is -2.40. The largest absolute Gasteiger partial charge is 0.465 e. The van der Waals surface area contributed by atoms with Crippen molar-refractivity contribution in [3.63, 3.8) is 0 Å². The lowest BCUT2D eigenvalue weighted by molar-refractivity contribution is -0.152. The SMILES string of the molecule is CCOC(=O)C1(c2ccccc2)CCN(CCc2ccccc2)CC1.Cl. The number of piperidine rings is 1. The highest BCUT2D eigenvalue weighted by atomic mass is 35.5. The fraction of sp³-hybridized carbons (Fsp3) is 0.409. The van der Waals surface area contributed by atoms with Crippen molar-refractivity contribution in [2.75, 3.05) is 26.2 Å². The van der Waals surface area contributed by atoms with E-state index in [1.165, 1.54) is 5.56 Å². The maximum atomic E-state index is 12.8. The van der Waals surface area contributed by atoms with Crippen molar-refractivity contribution in [3.05, 3.63) is 71.8 Å². The number of nitrogens with zero attached hydrogens (tertiary/aromatic N) is 1. The van der Waals surface area contributed by atoms with Crippen LogP contribution in [-0.2, 0) is 21.4 Å². The van der Waals surface area contributed by atoms with Crippen LogP contribution in [0, 0.1) is 0 Å². The molecule has 0 aromatic heterocycles. The number of carbonyl (C=O) groups excluding carboxylic acids is 1. The highest BCUT2D eigenvalue weighted by molar-refractivity contribution is 5.85. The van der Waals surface area contributed by atoms with Crippen LogP contribution in [0.25, 0.3) is 0 Å². The molecule has 0 radical (unpaired) electrons. The molecule has 0 aliphatic carbocycles. The third kappa shape index (κ3) is 4.66. The summed E-state index contributed by atoms with van der Waals surface area (Å²) in [5, 5.41) is 0. The smallest absolute Gasteiger partial charge is 0.316 e. The number of ether oxygens (including phenoxy) is 1. The van der Waals surface area contributed by atoms with Crippen LogP contribution in [0.2, 0.25) is 0 Å². The first-order chi connectivity index (χ1) is 12.2. The van der Waals surface area contributed by atoms with E-state index in [2.05, 4.69) is 47.4 Å².